The molecule has 5 nitrogen and oxygen atoms in total. The molecule has 6 heteroatoms. The Kier molecular flexibility index (Phi) is 5.89. The Labute approximate surface area is 142 Å². The highest BCUT2D eigenvalue weighted by molar-refractivity contribution is 6.30. The molecule has 1 aromatic rings. The molecule has 0 bridgehead atoms. The first-order valence-corrected chi connectivity index (χ1v) is 8.68. The molecule has 2 saturated heterocycles. The van der Waals surface area contributed by atoms with Crippen LogP contribution in [-0.2, 0) is 9.53 Å². The van der Waals surface area contributed by atoms with E-state index in [1.165, 1.54) is 5.56 Å². The molecular weight excluding hydrogens is 314 g/mol. The van der Waals surface area contributed by atoms with Gasteiger partial charge in [0.25, 0.3) is 0 Å². The van der Waals surface area contributed by atoms with Crippen molar-refractivity contribution >= 4 is 17.5 Å². The summed E-state index contributed by atoms with van der Waals surface area (Å²) in [5.41, 5.74) is 7.65. The van der Waals surface area contributed by atoms with Crippen LogP contribution in [0.15, 0.2) is 24.3 Å². The van der Waals surface area contributed by atoms with Gasteiger partial charge in [0.2, 0.25) is 5.91 Å². The summed E-state index contributed by atoms with van der Waals surface area (Å²) in [6, 6.07) is 8.04. The molecule has 0 aromatic heterocycles. The van der Waals surface area contributed by atoms with Gasteiger partial charge >= 0.3 is 0 Å². The standard InChI is InChI=1S/C17H24ClN3O2/c18-15-5-3-13(4-6-15)17-14(10-20-21-17)9-19-16(22)8-12-2-1-7-23-11-12/h3-6,12,14,17,20-21H,1-2,7-11H2,(H,19,22). The van der Waals surface area contributed by atoms with Crippen molar-refractivity contribution in [2.45, 2.75) is 25.3 Å². The zero-order chi connectivity index (χ0) is 16.1. The summed E-state index contributed by atoms with van der Waals surface area (Å²) in [6.07, 6.45) is 2.72. The Balaban J connectivity index is 1.48. The van der Waals surface area contributed by atoms with Crippen molar-refractivity contribution < 1.29 is 9.53 Å². The maximum absolute atomic E-state index is 12.1. The van der Waals surface area contributed by atoms with Crippen LogP contribution in [0.1, 0.15) is 30.9 Å². The van der Waals surface area contributed by atoms with Crippen molar-refractivity contribution in [2.75, 3.05) is 26.3 Å². The minimum atomic E-state index is 0.127. The molecule has 2 aliphatic rings. The van der Waals surface area contributed by atoms with Crippen LogP contribution < -0.4 is 16.2 Å². The average molecular weight is 338 g/mol. The summed E-state index contributed by atoms with van der Waals surface area (Å²) in [5, 5.41) is 3.82. The van der Waals surface area contributed by atoms with Crippen LogP contribution in [0.5, 0.6) is 0 Å². The first-order valence-electron chi connectivity index (χ1n) is 8.30. The lowest BCUT2D eigenvalue weighted by Crippen LogP contribution is -2.34. The number of hydrazine groups is 1. The maximum atomic E-state index is 12.1. The summed E-state index contributed by atoms with van der Waals surface area (Å²) >= 11 is 5.95. The number of hydrogen-bond donors (Lipinski definition) is 3. The summed E-state index contributed by atoms with van der Waals surface area (Å²) < 4.78 is 5.43. The molecule has 3 rings (SSSR count). The molecule has 0 radical (unpaired) electrons. The van der Waals surface area contributed by atoms with E-state index in [0.717, 1.165) is 31.0 Å². The molecule has 126 valence electrons. The fourth-order valence-electron chi connectivity index (χ4n) is 3.30. The van der Waals surface area contributed by atoms with Gasteiger partial charge in [-0.3, -0.25) is 10.2 Å². The van der Waals surface area contributed by atoms with Crippen LogP contribution in [0.4, 0.5) is 0 Å². The van der Waals surface area contributed by atoms with Crippen molar-refractivity contribution in [3.05, 3.63) is 34.9 Å². The van der Waals surface area contributed by atoms with Gasteiger partial charge in [-0.25, -0.2) is 5.43 Å². The number of rotatable bonds is 5. The van der Waals surface area contributed by atoms with Crippen molar-refractivity contribution in [1.29, 1.82) is 0 Å². The average Bonchev–Trinajstić information content (AvgIpc) is 3.03. The SMILES string of the molecule is O=C(CC1CCCOC1)NCC1CNNC1c1ccc(Cl)cc1. The lowest BCUT2D eigenvalue weighted by molar-refractivity contribution is -0.123. The Morgan fingerprint density at radius 1 is 1.35 bits per heavy atom. The van der Waals surface area contributed by atoms with Crippen LogP contribution in [0.25, 0.3) is 0 Å². The van der Waals surface area contributed by atoms with Crippen molar-refractivity contribution in [2.24, 2.45) is 11.8 Å². The monoisotopic (exact) mass is 337 g/mol. The minimum absolute atomic E-state index is 0.127. The quantitative estimate of drug-likeness (QED) is 0.769. The van der Waals surface area contributed by atoms with Gasteiger partial charge in [0.15, 0.2) is 0 Å². The molecule has 1 amide bonds. The summed E-state index contributed by atoms with van der Waals surface area (Å²) in [6.45, 7) is 3.05. The number of carbonyl (C=O) groups excluding carboxylic acids is 1. The smallest absolute Gasteiger partial charge is 0.220 e. The van der Waals surface area contributed by atoms with E-state index in [1.807, 2.05) is 24.3 Å². The van der Waals surface area contributed by atoms with E-state index >= 15 is 0 Å². The van der Waals surface area contributed by atoms with Crippen molar-refractivity contribution in [3.8, 4) is 0 Å². The molecule has 2 aliphatic heterocycles. The molecule has 0 spiro atoms. The molecule has 2 heterocycles. The fraction of sp³-hybridized carbons (Fsp3) is 0.588. The number of amides is 1. The van der Waals surface area contributed by atoms with Gasteiger partial charge in [0.05, 0.1) is 6.04 Å². The molecular formula is C17H24ClN3O2. The van der Waals surface area contributed by atoms with Gasteiger partial charge in [-0.15, -0.1) is 0 Å². The Morgan fingerprint density at radius 3 is 2.91 bits per heavy atom. The third-order valence-corrected chi connectivity index (χ3v) is 4.86. The van der Waals surface area contributed by atoms with Gasteiger partial charge in [-0.05, 0) is 36.5 Å². The number of ether oxygens (including phenoxy) is 1. The van der Waals surface area contributed by atoms with Crippen molar-refractivity contribution in [1.82, 2.24) is 16.2 Å². The second kappa shape index (κ2) is 8.11. The van der Waals surface area contributed by atoms with E-state index < -0.39 is 0 Å². The maximum Gasteiger partial charge on any atom is 0.220 e. The predicted octanol–water partition coefficient (Wildman–Crippen LogP) is 2.04. The summed E-state index contributed by atoms with van der Waals surface area (Å²) in [4.78, 5) is 12.1. The zero-order valence-corrected chi connectivity index (χ0v) is 13.9. The molecule has 3 atom stereocenters. The minimum Gasteiger partial charge on any atom is -0.381 e. The van der Waals surface area contributed by atoms with Crippen LogP contribution in [0.2, 0.25) is 5.02 Å². The van der Waals surface area contributed by atoms with E-state index in [9.17, 15) is 4.79 Å². The topological polar surface area (TPSA) is 62.4 Å². The van der Waals surface area contributed by atoms with Crippen molar-refractivity contribution in [3.63, 3.8) is 0 Å². The first-order chi connectivity index (χ1) is 11.2. The predicted molar refractivity (Wildman–Crippen MR) is 90.0 cm³/mol. The number of nitrogens with one attached hydrogen (secondary N) is 3. The number of benzene rings is 1. The van der Waals surface area contributed by atoms with E-state index in [0.29, 0.717) is 31.4 Å². The third kappa shape index (κ3) is 4.67. The van der Waals surface area contributed by atoms with Gasteiger partial charge in [0, 0.05) is 43.7 Å². The Morgan fingerprint density at radius 2 is 2.17 bits per heavy atom. The van der Waals surface area contributed by atoms with E-state index in [-0.39, 0.29) is 11.9 Å². The third-order valence-electron chi connectivity index (χ3n) is 4.61. The number of halogens is 1. The number of hydrogen-bond acceptors (Lipinski definition) is 4. The largest absolute Gasteiger partial charge is 0.381 e. The summed E-state index contributed by atoms with van der Waals surface area (Å²) in [5.74, 6) is 0.820. The van der Waals surface area contributed by atoms with Crippen LogP contribution in [0, 0.1) is 11.8 Å². The highest BCUT2D eigenvalue weighted by Crippen LogP contribution is 2.25. The van der Waals surface area contributed by atoms with E-state index in [4.69, 9.17) is 16.3 Å². The van der Waals surface area contributed by atoms with Crippen LogP contribution in [0.3, 0.4) is 0 Å². The molecule has 23 heavy (non-hydrogen) atoms. The second-order valence-corrected chi connectivity index (χ2v) is 6.84. The lowest BCUT2D eigenvalue weighted by Gasteiger charge is -2.23. The molecule has 3 N–H and O–H groups in total. The van der Waals surface area contributed by atoms with Crippen LogP contribution >= 0.6 is 11.6 Å². The van der Waals surface area contributed by atoms with E-state index in [1.54, 1.807) is 0 Å². The number of carbonyl (C=O) groups is 1. The molecule has 0 aliphatic carbocycles. The van der Waals surface area contributed by atoms with Gasteiger partial charge in [-0.1, -0.05) is 23.7 Å². The lowest BCUT2D eigenvalue weighted by atomic mass is 9.94. The van der Waals surface area contributed by atoms with Crippen LogP contribution in [-0.4, -0.2) is 32.2 Å². The first kappa shape index (κ1) is 16.7. The normalized spacial score (nSPS) is 27.8. The van der Waals surface area contributed by atoms with Gasteiger partial charge in [0.1, 0.15) is 0 Å². The molecule has 3 unspecified atom stereocenters. The fourth-order valence-corrected chi connectivity index (χ4v) is 3.42. The highest BCUT2D eigenvalue weighted by atomic mass is 35.5. The molecule has 2 fully saturated rings. The Hall–Kier alpha value is -1.14. The second-order valence-electron chi connectivity index (χ2n) is 6.41. The highest BCUT2D eigenvalue weighted by Gasteiger charge is 2.28. The van der Waals surface area contributed by atoms with Gasteiger partial charge in [-0.2, -0.15) is 0 Å². The summed E-state index contributed by atoms with van der Waals surface area (Å²) in [7, 11) is 0. The van der Waals surface area contributed by atoms with Gasteiger partial charge < -0.3 is 10.1 Å². The molecule has 0 saturated carbocycles. The van der Waals surface area contributed by atoms with E-state index in [2.05, 4.69) is 16.2 Å². The Bertz CT molecular complexity index is 517. The molecule has 1 aromatic carbocycles. The zero-order valence-electron chi connectivity index (χ0n) is 13.2.